The van der Waals surface area contributed by atoms with Crippen LogP contribution in [0.4, 0.5) is 5.95 Å². The number of hydrogen-bond acceptors (Lipinski definition) is 7. The van der Waals surface area contributed by atoms with E-state index >= 15 is 0 Å². The second-order valence-electron chi connectivity index (χ2n) is 4.02. The Kier molecular flexibility index (Phi) is 3.67. The smallest absolute Gasteiger partial charge is 0.310 e. The maximum absolute atomic E-state index is 5.99. The Morgan fingerprint density at radius 1 is 1.44 bits per heavy atom. The first-order chi connectivity index (χ1) is 8.54. The SMILES string of the molecule is COC1=NN(c2ncc(Br)cn2)C([C@H](C)N)N1C. The van der Waals surface area contributed by atoms with E-state index < -0.39 is 0 Å². The van der Waals surface area contributed by atoms with Crippen LogP contribution in [-0.2, 0) is 4.74 Å². The second-order valence-corrected chi connectivity index (χ2v) is 4.93. The largest absolute Gasteiger partial charge is 0.467 e. The Morgan fingerprint density at radius 2 is 2.06 bits per heavy atom. The number of aromatic nitrogens is 2. The predicted molar refractivity (Wildman–Crippen MR) is 71.9 cm³/mol. The molecule has 0 bridgehead atoms. The number of nitrogens with two attached hydrogens (primary N) is 1. The molecule has 0 radical (unpaired) electrons. The van der Waals surface area contributed by atoms with Gasteiger partial charge >= 0.3 is 6.02 Å². The zero-order valence-corrected chi connectivity index (χ0v) is 12.0. The van der Waals surface area contributed by atoms with Crippen molar-refractivity contribution < 1.29 is 4.74 Å². The van der Waals surface area contributed by atoms with Gasteiger partial charge in [-0.2, -0.15) is 0 Å². The maximum atomic E-state index is 5.99. The molecule has 8 heteroatoms. The Balaban J connectivity index is 2.34. The zero-order chi connectivity index (χ0) is 13.3. The number of halogens is 1. The molecule has 2 atom stereocenters. The first-order valence-corrected chi connectivity index (χ1v) is 6.21. The summed E-state index contributed by atoms with van der Waals surface area (Å²) in [6.45, 7) is 1.90. The van der Waals surface area contributed by atoms with Crippen LogP contribution in [0.15, 0.2) is 22.0 Å². The number of nitrogens with zero attached hydrogens (tertiary/aromatic N) is 5. The van der Waals surface area contributed by atoms with Gasteiger partial charge in [-0.3, -0.25) is 0 Å². The van der Waals surface area contributed by atoms with Crippen molar-refractivity contribution in [3.05, 3.63) is 16.9 Å². The molecule has 2 rings (SSSR count). The molecule has 1 aliphatic heterocycles. The van der Waals surface area contributed by atoms with Gasteiger partial charge in [0.05, 0.1) is 11.6 Å². The first kappa shape index (κ1) is 13.0. The molecule has 0 saturated heterocycles. The molecule has 0 fully saturated rings. The molecule has 0 aromatic carbocycles. The summed E-state index contributed by atoms with van der Waals surface area (Å²) in [4.78, 5) is 10.3. The van der Waals surface area contributed by atoms with Crippen molar-refractivity contribution in [2.24, 2.45) is 10.8 Å². The number of likely N-dealkylation sites (N-methyl/N-ethyl adjacent to an activating group) is 1. The van der Waals surface area contributed by atoms with Gasteiger partial charge in [0.2, 0.25) is 5.95 Å². The van der Waals surface area contributed by atoms with E-state index in [0.717, 1.165) is 4.47 Å². The van der Waals surface area contributed by atoms with Crippen LogP contribution in [0.2, 0.25) is 0 Å². The standard InChI is InChI=1S/C10H15BrN6O/c1-6(12)8-16(2)10(18-3)15-17(8)9-13-4-7(11)5-14-9/h4-6,8H,12H2,1-3H3/t6-,8?/m0/s1. The van der Waals surface area contributed by atoms with Crippen LogP contribution in [0.3, 0.4) is 0 Å². The normalized spacial score (nSPS) is 20.9. The van der Waals surface area contributed by atoms with Crippen molar-refractivity contribution in [1.29, 1.82) is 0 Å². The van der Waals surface area contributed by atoms with E-state index in [1.165, 1.54) is 0 Å². The third-order valence-electron chi connectivity index (χ3n) is 2.61. The van der Waals surface area contributed by atoms with Crippen LogP contribution in [-0.4, -0.2) is 47.3 Å². The third-order valence-corrected chi connectivity index (χ3v) is 3.02. The maximum Gasteiger partial charge on any atom is 0.310 e. The van der Waals surface area contributed by atoms with E-state index in [0.29, 0.717) is 12.0 Å². The molecular weight excluding hydrogens is 300 g/mol. The van der Waals surface area contributed by atoms with Gasteiger partial charge in [-0.05, 0) is 22.9 Å². The molecule has 1 aliphatic rings. The highest BCUT2D eigenvalue weighted by molar-refractivity contribution is 9.10. The molecule has 2 heterocycles. The number of hydrazone groups is 1. The average Bonchev–Trinajstić information content (AvgIpc) is 2.67. The summed E-state index contributed by atoms with van der Waals surface area (Å²) in [5.41, 5.74) is 5.99. The molecule has 98 valence electrons. The monoisotopic (exact) mass is 314 g/mol. The van der Waals surface area contributed by atoms with Crippen LogP contribution in [0.5, 0.6) is 0 Å². The minimum absolute atomic E-state index is 0.140. The van der Waals surface area contributed by atoms with Gasteiger partial charge in [-0.15, -0.1) is 5.10 Å². The summed E-state index contributed by atoms with van der Waals surface area (Å²) in [5.74, 6) is 0.486. The minimum Gasteiger partial charge on any atom is -0.467 e. The van der Waals surface area contributed by atoms with Crippen molar-refractivity contribution in [1.82, 2.24) is 14.9 Å². The van der Waals surface area contributed by atoms with Crippen molar-refractivity contribution >= 4 is 27.9 Å². The van der Waals surface area contributed by atoms with Gasteiger partial charge < -0.3 is 15.4 Å². The molecule has 0 amide bonds. The van der Waals surface area contributed by atoms with E-state index in [1.807, 2.05) is 18.9 Å². The fourth-order valence-corrected chi connectivity index (χ4v) is 2.05. The van der Waals surface area contributed by atoms with Crippen LogP contribution in [0, 0.1) is 0 Å². The minimum atomic E-state index is -0.166. The lowest BCUT2D eigenvalue weighted by atomic mass is 10.2. The van der Waals surface area contributed by atoms with Crippen molar-refractivity contribution in [2.45, 2.75) is 19.1 Å². The highest BCUT2D eigenvalue weighted by Gasteiger charge is 2.37. The van der Waals surface area contributed by atoms with Crippen LogP contribution in [0.25, 0.3) is 0 Å². The summed E-state index contributed by atoms with van der Waals surface area (Å²) in [6, 6.07) is 0.350. The molecular formula is C10H15BrN6O. The molecule has 1 unspecified atom stereocenters. The molecule has 2 N–H and O–H groups in total. The molecule has 1 aromatic rings. The molecule has 1 aromatic heterocycles. The average molecular weight is 315 g/mol. The van der Waals surface area contributed by atoms with Gasteiger partial charge in [0.15, 0.2) is 0 Å². The van der Waals surface area contributed by atoms with Crippen LogP contribution >= 0.6 is 15.9 Å². The van der Waals surface area contributed by atoms with Crippen LogP contribution < -0.4 is 10.7 Å². The van der Waals surface area contributed by atoms with Gasteiger partial charge in [0.1, 0.15) is 6.17 Å². The van der Waals surface area contributed by atoms with E-state index in [2.05, 4.69) is 31.0 Å². The van der Waals surface area contributed by atoms with Crippen molar-refractivity contribution in [3.63, 3.8) is 0 Å². The topological polar surface area (TPSA) is 79.9 Å². The number of anilines is 1. The van der Waals surface area contributed by atoms with Gasteiger partial charge in [0, 0.05) is 25.5 Å². The van der Waals surface area contributed by atoms with Crippen LogP contribution in [0.1, 0.15) is 6.92 Å². The molecule has 0 spiro atoms. The Bertz CT molecular complexity index is 448. The first-order valence-electron chi connectivity index (χ1n) is 5.42. The highest BCUT2D eigenvalue weighted by Crippen LogP contribution is 2.23. The predicted octanol–water partition coefficient (Wildman–Crippen LogP) is 0.582. The molecule has 0 aliphatic carbocycles. The third kappa shape index (κ3) is 2.25. The summed E-state index contributed by atoms with van der Waals surface area (Å²) >= 11 is 3.30. The highest BCUT2D eigenvalue weighted by atomic mass is 79.9. The fourth-order valence-electron chi connectivity index (χ4n) is 1.85. The van der Waals surface area contributed by atoms with Gasteiger partial charge in [-0.1, -0.05) is 0 Å². The number of amidine groups is 1. The van der Waals surface area contributed by atoms with E-state index in [1.54, 1.807) is 24.5 Å². The fraction of sp³-hybridized carbons (Fsp3) is 0.500. The Labute approximate surface area is 114 Å². The summed E-state index contributed by atoms with van der Waals surface area (Å²) in [6.07, 6.45) is 3.17. The van der Waals surface area contributed by atoms with Crippen molar-refractivity contribution in [2.75, 3.05) is 19.2 Å². The summed E-state index contributed by atoms with van der Waals surface area (Å²) < 4.78 is 6.01. The lowest BCUT2D eigenvalue weighted by Crippen LogP contribution is -2.51. The van der Waals surface area contributed by atoms with E-state index in [4.69, 9.17) is 10.5 Å². The number of rotatable bonds is 2. The summed E-state index contributed by atoms with van der Waals surface area (Å²) in [7, 11) is 3.44. The lowest BCUT2D eigenvalue weighted by Gasteiger charge is -2.29. The molecule has 0 saturated carbocycles. The number of methoxy groups -OCH3 is 1. The quantitative estimate of drug-likeness (QED) is 0.860. The van der Waals surface area contributed by atoms with E-state index in [-0.39, 0.29) is 12.2 Å². The van der Waals surface area contributed by atoms with Gasteiger partial charge in [0.25, 0.3) is 0 Å². The number of hydrogen-bond donors (Lipinski definition) is 1. The van der Waals surface area contributed by atoms with Gasteiger partial charge in [-0.25, -0.2) is 15.0 Å². The zero-order valence-electron chi connectivity index (χ0n) is 10.4. The van der Waals surface area contributed by atoms with E-state index in [9.17, 15) is 0 Å². The Hall–Kier alpha value is -1.41. The van der Waals surface area contributed by atoms with Crippen molar-refractivity contribution in [3.8, 4) is 0 Å². The number of ether oxygens (including phenoxy) is 1. The lowest BCUT2D eigenvalue weighted by molar-refractivity contribution is 0.268. The molecule has 7 nitrogen and oxygen atoms in total. The summed E-state index contributed by atoms with van der Waals surface area (Å²) in [5, 5.41) is 5.99. The second kappa shape index (κ2) is 5.07. The molecule has 18 heavy (non-hydrogen) atoms. The Morgan fingerprint density at radius 3 is 2.56 bits per heavy atom.